The van der Waals surface area contributed by atoms with Crippen molar-refractivity contribution < 1.29 is 19.1 Å². The molecule has 6 heteroatoms. The van der Waals surface area contributed by atoms with Gasteiger partial charge in [0.05, 0.1) is 0 Å². The largest absolute Gasteiger partial charge is 0.482 e. The van der Waals surface area contributed by atoms with Crippen molar-refractivity contribution in [2.75, 3.05) is 18.5 Å². The average molecular weight is 362 g/mol. The van der Waals surface area contributed by atoms with Crippen LogP contribution in [-0.4, -0.2) is 25.1 Å². The molecular formula is C19H20ClNO4. The van der Waals surface area contributed by atoms with Crippen LogP contribution in [0.5, 0.6) is 5.75 Å². The van der Waals surface area contributed by atoms with Crippen LogP contribution >= 0.6 is 11.6 Å². The second-order valence-corrected chi connectivity index (χ2v) is 6.16. The van der Waals surface area contributed by atoms with Crippen molar-refractivity contribution in [1.29, 1.82) is 0 Å². The summed E-state index contributed by atoms with van der Waals surface area (Å²) in [6.07, 6.45) is 0. The quantitative estimate of drug-likeness (QED) is 0.794. The van der Waals surface area contributed by atoms with Crippen LogP contribution in [0.25, 0.3) is 0 Å². The molecule has 0 aliphatic rings. The number of carbonyl (C=O) groups excluding carboxylic acids is 2. The van der Waals surface area contributed by atoms with Crippen LogP contribution in [0, 0.1) is 20.8 Å². The first-order chi connectivity index (χ1) is 11.8. The topological polar surface area (TPSA) is 64.6 Å². The SMILES string of the molecule is Cc1ccc(OCC(=O)OCC(=O)Nc2ccc(Cl)cc2C)c(C)c1. The Morgan fingerprint density at radius 2 is 1.76 bits per heavy atom. The monoisotopic (exact) mass is 361 g/mol. The average Bonchev–Trinajstić information content (AvgIpc) is 2.55. The van der Waals surface area contributed by atoms with E-state index in [1.807, 2.05) is 32.9 Å². The van der Waals surface area contributed by atoms with Gasteiger partial charge in [-0.1, -0.05) is 29.3 Å². The van der Waals surface area contributed by atoms with Crippen molar-refractivity contribution >= 4 is 29.2 Å². The molecule has 1 N–H and O–H groups in total. The van der Waals surface area contributed by atoms with Gasteiger partial charge in [0.25, 0.3) is 5.91 Å². The molecule has 0 saturated heterocycles. The number of carbonyl (C=O) groups is 2. The zero-order valence-electron chi connectivity index (χ0n) is 14.4. The Kier molecular flexibility index (Phi) is 6.42. The summed E-state index contributed by atoms with van der Waals surface area (Å²) >= 11 is 5.87. The smallest absolute Gasteiger partial charge is 0.344 e. The van der Waals surface area contributed by atoms with Crippen LogP contribution in [0.4, 0.5) is 5.69 Å². The number of halogens is 1. The third-order valence-corrected chi connectivity index (χ3v) is 3.74. The molecule has 0 atom stereocenters. The summed E-state index contributed by atoms with van der Waals surface area (Å²) in [7, 11) is 0. The number of anilines is 1. The Hall–Kier alpha value is -2.53. The summed E-state index contributed by atoms with van der Waals surface area (Å²) in [5.74, 6) is -0.419. The van der Waals surface area contributed by atoms with E-state index < -0.39 is 11.9 Å². The number of rotatable bonds is 6. The van der Waals surface area contributed by atoms with E-state index in [1.165, 1.54) is 0 Å². The highest BCUT2D eigenvalue weighted by Gasteiger charge is 2.11. The van der Waals surface area contributed by atoms with Crippen LogP contribution in [-0.2, 0) is 14.3 Å². The Morgan fingerprint density at radius 3 is 2.44 bits per heavy atom. The summed E-state index contributed by atoms with van der Waals surface area (Å²) in [6, 6.07) is 10.8. The first kappa shape index (κ1) is 18.8. The lowest BCUT2D eigenvalue weighted by Crippen LogP contribution is -2.24. The lowest BCUT2D eigenvalue weighted by molar-refractivity contribution is -0.149. The molecule has 0 saturated carbocycles. The fourth-order valence-electron chi connectivity index (χ4n) is 2.24. The third-order valence-electron chi connectivity index (χ3n) is 3.50. The summed E-state index contributed by atoms with van der Waals surface area (Å²) in [6.45, 7) is 5.07. The van der Waals surface area contributed by atoms with Crippen LogP contribution in [0.2, 0.25) is 5.02 Å². The first-order valence-electron chi connectivity index (χ1n) is 7.77. The predicted molar refractivity (Wildman–Crippen MR) is 97.2 cm³/mol. The van der Waals surface area contributed by atoms with Gasteiger partial charge in [-0.2, -0.15) is 0 Å². The minimum absolute atomic E-state index is 0.253. The maximum Gasteiger partial charge on any atom is 0.344 e. The van der Waals surface area contributed by atoms with Gasteiger partial charge in [-0.05, 0) is 56.2 Å². The maximum absolute atomic E-state index is 11.9. The van der Waals surface area contributed by atoms with Gasteiger partial charge in [0.1, 0.15) is 5.75 Å². The molecule has 0 aromatic heterocycles. The number of nitrogens with one attached hydrogen (secondary N) is 1. The maximum atomic E-state index is 11.9. The lowest BCUT2D eigenvalue weighted by atomic mass is 10.1. The van der Waals surface area contributed by atoms with Crippen LogP contribution in [0.1, 0.15) is 16.7 Å². The predicted octanol–water partition coefficient (Wildman–Crippen LogP) is 3.83. The van der Waals surface area contributed by atoms with Gasteiger partial charge >= 0.3 is 5.97 Å². The van der Waals surface area contributed by atoms with Crippen molar-refractivity contribution in [2.24, 2.45) is 0 Å². The fraction of sp³-hybridized carbons (Fsp3) is 0.263. The van der Waals surface area contributed by atoms with E-state index in [0.717, 1.165) is 16.7 Å². The van der Waals surface area contributed by atoms with Crippen molar-refractivity contribution in [2.45, 2.75) is 20.8 Å². The molecule has 2 rings (SSSR count). The Bertz CT molecular complexity index is 789. The zero-order chi connectivity index (χ0) is 18.4. The number of benzene rings is 2. The summed E-state index contributed by atoms with van der Waals surface area (Å²) in [5.41, 5.74) is 3.49. The summed E-state index contributed by atoms with van der Waals surface area (Å²) in [5, 5.41) is 3.25. The van der Waals surface area contributed by atoms with E-state index in [1.54, 1.807) is 24.3 Å². The Labute approximate surface area is 151 Å². The van der Waals surface area contributed by atoms with E-state index in [0.29, 0.717) is 16.5 Å². The normalized spacial score (nSPS) is 10.2. The van der Waals surface area contributed by atoms with Gasteiger partial charge in [-0.3, -0.25) is 4.79 Å². The molecule has 2 aromatic rings. The number of hydrogen-bond acceptors (Lipinski definition) is 4. The van der Waals surface area contributed by atoms with Gasteiger partial charge in [-0.25, -0.2) is 4.79 Å². The van der Waals surface area contributed by atoms with Crippen LogP contribution < -0.4 is 10.1 Å². The molecule has 0 aliphatic heterocycles. The van der Waals surface area contributed by atoms with Crippen molar-refractivity contribution in [3.63, 3.8) is 0 Å². The summed E-state index contributed by atoms with van der Waals surface area (Å²) in [4.78, 5) is 23.6. The van der Waals surface area contributed by atoms with Gasteiger partial charge in [0, 0.05) is 10.7 Å². The van der Waals surface area contributed by atoms with Gasteiger partial charge < -0.3 is 14.8 Å². The standard InChI is InChI=1S/C19H20ClNO4/c1-12-4-7-17(14(3)8-12)24-11-19(23)25-10-18(22)21-16-6-5-15(20)9-13(16)2/h4-9H,10-11H2,1-3H3,(H,21,22). The summed E-state index contributed by atoms with van der Waals surface area (Å²) < 4.78 is 10.3. The van der Waals surface area contributed by atoms with Gasteiger partial charge in [-0.15, -0.1) is 0 Å². The zero-order valence-corrected chi connectivity index (χ0v) is 15.1. The van der Waals surface area contributed by atoms with Crippen LogP contribution in [0.15, 0.2) is 36.4 Å². The fourth-order valence-corrected chi connectivity index (χ4v) is 2.47. The molecule has 0 spiro atoms. The van der Waals surface area contributed by atoms with Gasteiger partial charge in [0.2, 0.25) is 0 Å². The second-order valence-electron chi connectivity index (χ2n) is 5.73. The van der Waals surface area contributed by atoms with E-state index in [9.17, 15) is 9.59 Å². The number of aryl methyl sites for hydroxylation is 3. The highest BCUT2D eigenvalue weighted by Crippen LogP contribution is 2.20. The minimum atomic E-state index is -0.608. The molecule has 0 heterocycles. The Balaban J connectivity index is 1.78. The third kappa shape index (κ3) is 5.80. The first-order valence-corrected chi connectivity index (χ1v) is 8.14. The number of esters is 1. The number of amides is 1. The van der Waals surface area contributed by atoms with Gasteiger partial charge in [0.15, 0.2) is 13.2 Å². The lowest BCUT2D eigenvalue weighted by Gasteiger charge is -2.11. The molecule has 1 amide bonds. The molecular weight excluding hydrogens is 342 g/mol. The van der Waals surface area contributed by atoms with Crippen molar-refractivity contribution in [3.05, 3.63) is 58.1 Å². The number of ether oxygens (including phenoxy) is 2. The van der Waals surface area contributed by atoms with E-state index in [2.05, 4.69) is 5.32 Å². The molecule has 5 nitrogen and oxygen atoms in total. The van der Waals surface area contributed by atoms with Crippen LogP contribution in [0.3, 0.4) is 0 Å². The minimum Gasteiger partial charge on any atom is -0.482 e. The Morgan fingerprint density at radius 1 is 1.00 bits per heavy atom. The second kappa shape index (κ2) is 8.53. The highest BCUT2D eigenvalue weighted by molar-refractivity contribution is 6.30. The molecule has 2 aromatic carbocycles. The van der Waals surface area contributed by atoms with E-state index in [-0.39, 0.29) is 13.2 Å². The molecule has 0 unspecified atom stereocenters. The molecule has 0 aliphatic carbocycles. The molecule has 25 heavy (non-hydrogen) atoms. The molecule has 0 bridgehead atoms. The number of hydrogen-bond donors (Lipinski definition) is 1. The van der Waals surface area contributed by atoms with Crippen molar-refractivity contribution in [3.8, 4) is 5.75 Å². The van der Waals surface area contributed by atoms with E-state index >= 15 is 0 Å². The highest BCUT2D eigenvalue weighted by atomic mass is 35.5. The molecule has 0 fully saturated rings. The van der Waals surface area contributed by atoms with E-state index in [4.69, 9.17) is 21.1 Å². The molecule has 132 valence electrons. The van der Waals surface area contributed by atoms with Crippen molar-refractivity contribution in [1.82, 2.24) is 0 Å². The molecule has 0 radical (unpaired) electrons.